The Hall–Kier alpha value is -0.240. The summed E-state index contributed by atoms with van der Waals surface area (Å²) in [4.78, 5) is 2.14. The van der Waals surface area contributed by atoms with E-state index in [1.54, 1.807) is 21.3 Å². The minimum Gasteiger partial charge on any atom is -0.389 e. The molecule has 0 rings (SSSR count). The third-order valence-corrected chi connectivity index (χ3v) is 3.03. The Morgan fingerprint density at radius 2 is 1.60 bits per heavy atom. The first kappa shape index (κ1) is 19.8. The van der Waals surface area contributed by atoms with Gasteiger partial charge in [0.1, 0.15) is 0 Å². The number of hydrogen-bond donors (Lipinski definition) is 1. The highest BCUT2D eigenvalue weighted by atomic mass is 16.5. The van der Waals surface area contributed by atoms with Gasteiger partial charge >= 0.3 is 0 Å². The van der Waals surface area contributed by atoms with Crippen molar-refractivity contribution in [3.05, 3.63) is 0 Å². The maximum Gasteiger partial charge on any atom is 0.0900 e. The quantitative estimate of drug-likeness (QED) is 0.530. The molecule has 6 nitrogen and oxygen atoms in total. The second kappa shape index (κ2) is 12.5. The van der Waals surface area contributed by atoms with Crippen LogP contribution in [0.15, 0.2) is 0 Å². The number of aliphatic hydroxyl groups excluding tert-OH is 1. The van der Waals surface area contributed by atoms with Crippen molar-refractivity contribution < 1.29 is 24.1 Å². The van der Waals surface area contributed by atoms with Gasteiger partial charge in [-0.1, -0.05) is 0 Å². The van der Waals surface area contributed by atoms with E-state index < -0.39 is 6.10 Å². The van der Waals surface area contributed by atoms with Crippen molar-refractivity contribution in [1.29, 1.82) is 0 Å². The molecule has 0 saturated heterocycles. The second-order valence-corrected chi connectivity index (χ2v) is 5.05. The van der Waals surface area contributed by atoms with Crippen LogP contribution >= 0.6 is 0 Å². The number of ether oxygens (including phenoxy) is 4. The second-order valence-electron chi connectivity index (χ2n) is 5.05. The van der Waals surface area contributed by atoms with E-state index in [0.29, 0.717) is 33.0 Å². The van der Waals surface area contributed by atoms with Gasteiger partial charge in [-0.2, -0.15) is 0 Å². The molecule has 1 N–H and O–H groups in total. The molecule has 20 heavy (non-hydrogen) atoms. The van der Waals surface area contributed by atoms with E-state index in [4.69, 9.17) is 18.9 Å². The van der Waals surface area contributed by atoms with E-state index in [1.807, 2.05) is 6.92 Å². The average molecular weight is 293 g/mol. The average Bonchev–Trinajstić information content (AvgIpc) is 2.41. The Bertz CT molecular complexity index is 218. The highest BCUT2D eigenvalue weighted by molar-refractivity contribution is 4.71. The fraction of sp³-hybridized carbons (Fsp3) is 1.00. The normalized spacial score (nSPS) is 16.4. The van der Waals surface area contributed by atoms with Crippen LogP contribution in [-0.4, -0.2) is 89.1 Å². The van der Waals surface area contributed by atoms with Crippen molar-refractivity contribution >= 4 is 0 Å². The summed E-state index contributed by atoms with van der Waals surface area (Å²) in [5.41, 5.74) is 0. The van der Waals surface area contributed by atoms with Crippen molar-refractivity contribution in [2.45, 2.75) is 32.1 Å². The van der Waals surface area contributed by atoms with Crippen molar-refractivity contribution in [3.63, 3.8) is 0 Å². The lowest BCUT2D eigenvalue weighted by Crippen LogP contribution is -2.44. The zero-order valence-corrected chi connectivity index (χ0v) is 13.5. The molecule has 0 aromatic rings. The molecule has 3 unspecified atom stereocenters. The van der Waals surface area contributed by atoms with Gasteiger partial charge in [0.15, 0.2) is 0 Å². The fourth-order valence-electron chi connectivity index (χ4n) is 1.93. The molecule has 0 bridgehead atoms. The summed E-state index contributed by atoms with van der Waals surface area (Å²) < 4.78 is 20.8. The molecule has 0 fully saturated rings. The van der Waals surface area contributed by atoms with Gasteiger partial charge in [-0.05, 0) is 13.8 Å². The summed E-state index contributed by atoms with van der Waals surface area (Å²) in [6.07, 6.45) is -0.552. The SMILES string of the molecule is COCCN(CC(O)COC(C)COC)C(C)COC. The highest BCUT2D eigenvalue weighted by Crippen LogP contribution is 2.03. The summed E-state index contributed by atoms with van der Waals surface area (Å²) in [7, 11) is 4.98. The molecule has 0 saturated carbocycles. The van der Waals surface area contributed by atoms with Crippen molar-refractivity contribution in [1.82, 2.24) is 4.90 Å². The van der Waals surface area contributed by atoms with Crippen LogP contribution in [0.4, 0.5) is 0 Å². The molecule has 0 aliphatic carbocycles. The smallest absolute Gasteiger partial charge is 0.0900 e. The molecule has 0 aliphatic heterocycles. The first-order valence-electron chi connectivity index (χ1n) is 7.05. The van der Waals surface area contributed by atoms with Gasteiger partial charge in [-0.25, -0.2) is 0 Å². The van der Waals surface area contributed by atoms with Gasteiger partial charge < -0.3 is 24.1 Å². The molecule has 6 heteroatoms. The van der Waals surface area contributed by atoms with Crippen molar-refractivity contribution in [3.8, 4) is 0 Å². The lowest BCUT2D eigenvalue weighted by atomic mass is 10.2. The van der Waals surface area contributed by atoms with Crippen LogP contribution in [0, 0.1) is 0 Å². The van der Waals surface area contributed by atoms with E-state index in [9.17, 15) is 5.11 Å². The van der Waals surface area contributed by atoms with Crippen LogP contribution in [0.5, 0.6) is 0 Å². The zero-order chi connectivity index (χ0) is 15.4. The molecular weight excluding hydrogens is 262 g/mol. The molecule has 0 aromatic heterocycles. The Morgan fingerprint density at radius 3 is 2.15 bits per heavy atom. The Balaban J connectivity index is 4.12. The van der Waals surface area contributed by atoms with Crippen LogP contribution in [0.2, 0.25) is 0 Å². The number of rotatable bonds is 13. The molecule has 0 heterocycles. The Kier molecular flexibility index (Phi) is 12.3. The van der Waals surface area contributed by atoms with Gasteiger partial charge in [0.05, 0.1) is 38.6 Å². The number of aliphatic hydroxyl groups is 1. The van der Waals surface area contributed by atoms with E-state index in [2.05, 4.69) is 11.8 Å². The lowest BCUT2D eigenvalue weighted by molar-refractivity contribution is -0.0466. The third kappa shape index (κ3) is 9.63. The molecule has 0 aliphatic rings. The topological polar surface area (TPSA) is 60.4 Å². The minimum atomic E-state index is -0.537. The van der Waals surface area contributed by atoms with Crippen LogP contribution in [-0.2, 0) is 18.9 Å². The van der Waals surface area contributed by atoms with Gasteiger partial charge in [0, 0.05) is 40.5 Å². The molecule has 3 atom stereocenters. The summed E-state index contributed by atoms with van der Waals surface area (Å²) in [6.45, 7) is 7.36. The van der Waals surface area contributed by atoms with Gasteiger partial charge in [-0.3, -0.25) is 4.90 Å². The maximum absolute atomic E-state index is 10.1. The largest absolute Gasteiger partial charge is 0.389 e. The molecular formula is C14H31NO5. The third-order valence-electron chi connectivity index (χ3n) is 3.03. The Labute approximate surface area is 122 Å². The molecule has 0 amide bonds. The summed E-state index contributed by atoms with van der Waals surface area (Å²) in [5.74, 6) is 0. The fourth-order valence-corrected chi connectivity index (χ4v) is 1.93. The zero-order valence-electron chi connectivity index (χ0n) is 13.5. The van der Waals surface area contributed by atoms with Gasteiger partial charge in [0.2, 0.25) is 0 Å². The number of nitrogens with zero attached hydrogens (tertiary/aromatic N) is 1. The van der Waals surface area contributed by atoms with E-state index >= 15 is 0 Å². The van der Waals surface area contributed by atoms with Crippen LogP contribution < -0.4 is 0 Å². The van der Waals surface area contributed by atoms with Crippen LogP contribution in [0.3, 0.4) is 0 Å². The standard InChI is InChI=1S/C14H31NO5/c1-12(9-18-4)15(6-7-17-3)8-14(16)11-20-13(2)10-19-5/h12-14,16H,6-11H2,1-5H3. The van der Waals surface area contributed by atoms with Gasteiger partial charge in [0.25, 0.3) is 0 Å². The summed E-state index contributed by atoms with van der Waals surface area (Å²) >= 11 is 0. The first-order chi connectivity index (χ1) is 9.54. The van der Waals surface area contributed by atoms with Crippen molar-refractivity contribution in [2.75, 3.05) is 60.8 Å². The van der Waals surface area contributed by atoms with E-state index in [-0.39, 0.29) is 12.1 Å². The highest BCUT2D eigenvalue weighted by Gasteiger charge is 2.18. The number of hydrogen-bond acceptors (Lipinski definition) is 6. The Morgan fingerprint density at radius 1 is 0.950 bits per heavy atom. The van der Waals surface area contributed by atoms with Crippen LogP contribution in [0.1, 0.15) is 13.8 Å². The number of methoxy groups -OCH3 is 3. The lowest BCUT2D eigenvalue weighted by Gasteiger charge is -2.30. The maximum atomic E-state index is 10.1. The van der Waals surface area contributed by atoms with Gasteiger partial charge in [-0.15, -0.1) is 0 Å². The monoisotopic (exact) mass is 293 g/mol. The summed E-state index contributed by atoms with van der Waals surface area (Å²) in [6, 6.07) is 0.223. The molecule has 0 aromatic carbocycles. The summed E-state index contributed by atoms with van der Waals surface area (Å²) in [5, 5.41) is 10.1. The predicted octanol–water partition coefficient (Wildman–Crippen LogP) is 0.382. The molecule has 0 radical (unpaired) electrons. The van der Waals surface area contributed by atoms with E-state index in [0.717, 1.165) is 6.54 Å². The van der Waals surface area contributed by atoms with E-state index in [1.165, 1.54) is 0 Å². The predicted molar refractivity (Wildman–Crippen MR) is 78.1 cm³/mol. The minimum absolute atomic E-state index is 0.0153. The first-order valence-corrected chi connectivity index (χ1v) is 7.05. The van der Waals surface area contributed by atoms with Crippen LogP contribution in [0.25, 0.3) is 0 Å². The van der Waals surface area contributed by atoms with Crippen molar-refractivity contribution in [2.24, 2.45) is 0 Å². The molecule has 0 spiro atoms. The molecule has 122 valence electrons.